The van der Waals surface area contributed by atoms with Crippen molar-refractivity contribution in [2.45, 2.75) is 18.4 Å². The lowest BCUT2D eigenvalue weighted by molar-refractivity contribution is 0.183. The number of hydrogen-bond donors (Lipinski definition) is 2. The Morgan fingerprint density at radius 3 is 2.84 bits per heavy atom. The van der Waals surface area contributed by atoms with E-state index in [2.05, 4.69) is 24.0 Å². The topological polar surface area (TPSA) is 52.6 Å². The smallest absolute Gasteiger partial charge is 0.317 e. The predicted molar refractivity (Wildman–Crippen MR) is 75.0 cm³/mol. The number of nitrogens with one attached hydrogen (secondary N) is 1. The summed E-state index contributed by atoms with van der Waals surface area (Å²) in [5, 5.41) is 11.9. The second-order valence-corrected chi connectivity index (χ2v) is 4.77. The van der Waals surface area contributed by atoms with Crippen molar-refractivity contribution in [1.82, 2.24) is 10.2 Å². The highest BCUT2D eigenvalue weighted by Crippen LogP contribution is 2.40. The third-order valence-electron chi connectivity index (χ3n) is 3.33. The van der Waals surface area contributed by atoms with Crippen LogP contribution in [-0.2, 0) is 0 Å². The van der Waals surface area contributed by atoms with Gasteiger partial charge in [0.2, 0.25) is 0 Å². The van der Waals surface area contributed by atoms with Crippen LogP contribution in [0.5, 0.6) is 0 Å². The fourth-order valence-electron chi connectivity index (χ4n) is 2.23. The number of amides is 2. The number of benzene rings is 1. The molecular weight excluding hydrogens is 240 g/mol. The summed E-state index contributed by atoms with van der Waals surface area (Å²) in [5.41, 5.74) is 1.27. The largest absolute Gasteiger partial charge is 0.395 e. The van der Waals surface area contributed by atoms with E-state index in [9.17, 15) is 4.79 Å². The van der Waals surface area contributed by atoms with Gasteiger partial charge in [-0.05, 0) is 12.0 Å². The van der Waals surface area contributed by atoms with Crippen LogP contribution in [0.1, 0.15) is 17.9 Å². The van der Waals surface area contributed by atoms with E-state index >= 15 is 0 Å². The van der Waals surface area contributed by atoms with E-state index in [4.69, 9.17) is 5.11 Å². The summed E-state index contributed by atoms with van der Waals surface area (Å²) in [6, 6.07) is 10.3. The second kappa shape index (κ2) is 6.38. The van der Waals surface area contributed by atoms with Crippen LogP contribution in [0.4, 0.5) is 4.79 Å². The van der Waals surface area contributed by atoms with Crippen LogP contribution >= 0.6 is 0 Å². The number of carbonyl (C=O) groups is 1. The van der Waals surface area contributed by atoms with Crippen LogP contribution in [0, 0.1) is 0 Å². The lowest BCUT2D eigenvalue weighted by atomic mass is 10.1. The highest BCUT2D eigenvalue weighted by Gasteiger charge is 2.39. The van der Waals surface area contributed by atoms with Gasteiger partial charge in [-0.15, -0.1) is 6.58 Å². The second-order valence-electron chi connectivity index (χ2n) is 4.77. The van der Waals surface area contributed by atoms with Gasteiger partial charge in [-0.3, -0.25) is 0 Å². The van der Waals surface area contributed by atoms with Crippen molar-refractivity contribution in [3.8, 4) is 0 Å². The van der Waals surface area contributed by atoms with Gasteiger partial charge in [-0.2, -0.15) is 0 Å². The monoisotopic (exact) mass is 260 g/mol. The van der Waals surface area contributed by atoms with Gasteiger partial charge in [0.1, 0.15) is 0 Å². The first-order valence-corrected chi connectivity index (χ1v) is 6.58. The van der Waals surface area contributed by atoms with Crippen molar-refractivity contribution in [2.75, 3.05) is 19.7 Å². The molecule has 1 aliphatic carbocycles. The predicted octanol–water partition coefficient (Wildman–Crippen LogP) is 1.73. The Bertz CT molecular complexity index is 433. The molecule has 2 atom stereocenters. The summed E-state index contributed by atoms with van der Waals surface area (Å²) in [5.74, 6) is 0.421. The summed E-state index contributed by atoms with van der Waals surface area (Å²) in [6.07, 6.45) is 2.65. The lowest BCUT2D eigenvalue weighted by Gasteiger charge is -2.20. The molecule has 0 spiro atoms. The SMILES string of the molecule is C=CCN(CCO)C(=O)NC1CC1c1ccccc1. The van der Waals surface area contributed by atoms with Gasteiger partial charge in [-0.1, -0.05) is 36.4 Å². The first kappa shape index (κ1) is 13.6. The lowest BCUT2D eigenvalue weighted by Crippen LogP contribution is -2.42. The van der Waals surface area contributed by atoms with Crippen LogP contribution in [0.25, 0.3) is 0 Å². The van der Waals surface area contributed by atoms with Crippen LogP contribution < -0.4 is 5.32 Å². The number of urea groups is 1. The van der Waals surface area contributed by atoms with E-state index in [-0.39, 0.29) is 18.7 Å². The zero-order chi connectivity index (χ0) is 13.7. The molecule has 0 aromatic heterocycles. The maximum atomic E-state index is 12.0. The van der Waals surface area contributed by atoms with E-state index in [0.29, 0.717) is 19.0 Å². The Hall–Kier alpha value is -1.81. The number of aliphatic hydroxyl groups excluding tert-OH is 1. The molecule has 0 bridgehead atoms. The van der Waals surface area contributed by atoms with E-state index in [1.54, 1.807) is 11.0 Å². The Labute approximate surface area is 113 Å². The van der Waals surface area contributed by atoms with E-state index < -0.39 is 0 Å². The summed E-state index contributed by atoms with van der Waals surface area (Å²) in [6.45, 7) is 4.37. The Morgan fingerprint density at radius 1 is 1.47 bits per heavy atom. The molecule has 2 unspecified atom stereocenters. The fourth-order valence-corrected chi connectivity index (χ4v) is 2.23. The summed E-state index contributed by atoms with van der Waals surface area (Å²) in [4.78, 5) is 13.6. The van der Waals surface area contributed by atoms with Gasteiger partial charge in [0.25, 0.3) is 0 Å². The van der Waals surface area contributed by atoms with Crippen LogP contribution in [0.2, 0.25) is 0 Å². The van der Waals surface area contributed by atoms with Gasteiger partial charge >= 0.3 is 6.03 Å². The molecule has 4 nitrogen and oxygen atoms in total. The van der Waals surface area contributed by atoms with Crippen molar-refractivity contribution < 1.29 is 9.90 Å². The first-order chi connectivity index (χ1) is 9.26. The molecule has 2 N–H and O–H groups in total. The fraction of sp³-hybridized carbons (Fsp3) is 0.400. The Kier molecular flexibility index (Phi) is 4.58. The van der Waals surface area contributed by atoms with Crippen LogP contribution in [-0.4, -0.2) is 41.8 Å². The summed E-state index contributed by atoms with van der Waals surface area (Å²) >= 11 is 0. The van der Waals surface area contributed by atoms with Gasteiger partial charge < -0.3 is 15.3 Å². The molecule has 0 aliphatic heterocycles. The molecular formula is C15H20N2O2. The molecule has 0 radical (unpaired) electrons. The molecule has 1 fully saturated rings. The third-order valence-corrected chi connectivity index (χ3v) is 3.33. The van der Waals surface area contributed by atoms with Gasteiger partial charge in [-0.25, -0.2) is 4.79 Å². The molecule has 1 aromatic carbocycles. The van der Waals surface area contributed by atoms with E-state index in [1.807, 2.05) is 18.2 Å². The minimum Gasteiger partial charge on any atom is -0.395 e. The molecule has 1 saturated carbocycles. The summed E-state index contributed by atoms with van der Waals surface area (Å²) < 4.78 is 0. The molecule has 0 heterocycles. The zero-order valence-electron chi connectivity index (χ0n) is 11.0. The molecule has 0 saturated heterocycles. The highest BCUT2D eigenvalue weighted by atomic mass is 16.3. The number of rotatable bonds is 6. The van der Waals surface area contributed by atoms with Gasteiger partial charge in [0, 0.05) is 25.0 Å². The van der Waals surface area contributed by atoms with Crippen LogP contribution in [0.3, 0.4) is 0 Å². The zero-order valence-corrected chi connectivity index (χ0v) is 11.0. The van der Waals surface area contributed by atoms with Crippen molar-refractivity contribution in [3.63, 3.8) is 0 Å². The maximum Gasteiger partial charge on any atom is 0.317 e. The number of carbonyl (C=O) groups excluding carboxylic acids is 1. The van der Waals surface area contributed by atoms with Crippen molar-refractivity contribution >= 4 is 6.03 Å². The van der Waals surface area contributed by atoms with Gasteiger partial charge in [0.05, 0.1) is 6.61 Å². The molecule has 1 aromatic rings. The van der Waals surface area contributed by atoms with Crippen LogP contribution in [0.15, 0.2) is 43.0 Å². The standard InChI is InChI=1S/C15H20N2O2/c1-2-8-17(9-10-18)15(19)16-14-11-13(14)12-6-4-3-5-7-12/h2-7,13-14,18H,1,8-11H2,(H,16,19). The molecule has 2 rings (SSSR count). The Balaban J connectivity index is 1.85. The van der Waals surface area contributed by atoms with Crippen molar-refractivity contribution in [1.29, 1.82) is 0 Å². The van der Waals surface area contributed by atoms with Crippen molar-refractivity contribution in [3.05, 3.63) is 48.6 Å². The normalized spacial score (nSPS) is 20.7. The highest BCUT2D eigenvalue weighted by molar-refractivity contribution is 5.75. The molecule has 19 heavy (non-hydrogen) atoms. The van der Waals surface area contributed by atoms with E-state index in [1.165, 1.54) is 5.56 Å². The average molecular weight is 260 g/mol. The van der Waals surface area contributed by atoms with Crippen molar-refractivity contribution in [2.24, 2.45) is 0 Å². The first-order valence-electron chi connectivity index (χ1n) is 6.58. The molecule has 2 amide bonds. The molecule has 1 aliphatic rings. The molecule has 4 heteroatoms. The third kappa shape index (κ3) is 3.58. The maximum absolute atomic E-state index is 12.0. The Morgan fingerprint density at radius 2 is 2.21 bits per heavy atom. The van der Waals surface area contributed by atoms with Gasteiger partial charge in [0.15, 0.2) is 0 Å². The number of nitrogens with zero attached hydrogens (tertiary/aromatic N) is 1. The minimum atomic E-state index is -0.127. The van der Waals surface area contributed by atoms with E-state index in [0.717, 1.165) is 6.42 Å². The molecule has 102 valence electrons. The quantitative estimate of drug-likeness (QED) is 0.765. The number of hydrogen-bond acceptors (Lipinski definition) is 2. The summed E-state index contributed by atoms with van der Waals surface area (Å²) in [7, 11) is 0. The average Bonchev–Trinajstić information content (AvgIpc) is 3.19. The number of aliphatic hydroxyl groups is 1. The minimum absolute atomic E-state index is 0.0337.